The highest BCUT2D eigenvalue weighted by molar-refractivity contribution is 5.99. The fourth-order valence-electron chi connectivity index (χ4n) is 3.49. The highest BCUT2D eigenvalue weighted by Gasteiger charge is 2.07. The Kier molecular flexibility index (Phi) is 6.01. The van der Waals surface area contributed by atoms with Gasteiger partial charge in [0.2, 0.25) is 5.91 Å². The Morgan fingerprint density at radius 1 is 0.833 bits per heavy atom. The first kappa shape index (κ1) is 19.6. The molecule has 0 unspecified atom stereocenters. The molecule has 0 radical (unpaired) electrons. The number of carbonyl (C=O) groups is 1. The van der Waals surface area contributed by atoms with Crippen LogP contribution >= 0.6 is 0 Å². The van der Waals surface area contributed by atoms with Crippen LogP contribution in [-0.2, 0) is 19.6 Å². The third kappa shape index (κ3) is 4.64. The zero-order valence-corrected chi connectivity index (χ0v) is 16.6. The van der Waals surface area contributed by atoms with Gasteiger partial charge < -0.3 is 16.4 Å². The van der Waals surface area contributed by atoms with E-state index >= 15 is 0 Å². The molecule has 150 valence electrons. The van der Waals surface area contributed by atoms with Crippen LogP contribution in [-0.4, -0.2) is 10.9 Å². The monoisotopic (exact) mass is 396 g/mol. The maximum Gasteiger partial charge on any atom is 0.248 e. The number of benzene rings is 3. The third-order valence-corrected chi connectivity index (χ3v) is 5.10. The molecule has 0 saturated carbocycles. The summed E-state index contributed by atoms with van der Waals surface area (Å²) in [7, 11) is 0. The highest BCUT2D eigenvalue weighted by Crippen LogP contribution is 2.23. The SMILES string of the molecule is NC(=O)c1ccc2c(NCc3ccccc3CNCc3ccccc3)ccnc2c1. The van der Waals surface area contributed by atoms with Crippen molar-refractivity contribution in [3.63, 3.8) is 0 Å². The minimum Gasteiger partial charge on any atom is -0.380 e. The number of aromatic nitrogens is 1. The minimum atomic E-state index is -0.450. The van der Waals surface area contributed by atoms with Crippen molar-refractivity contribution in [3.05, 3.63) is 107 Å². The van der Waals surface area contributed by atoms with E-state index < -0.39 is 5.91 Å². The van der Waals surface area contributed by atoms with Crippen molar-refractivity contribution in [2.45, 2.75) is 19.6 Å². The Balaban J connectivity index is 1.46. The normalized spacial score (nSPS) is 10.8. The number of nitrogens with two attached hydrogens (primary N) is 1. The summed E-state index contributed by atoms with van der Waals surface area (Å²) >= 11 is 0. The number of anilines is 1. The Bertz CT molecular complexity index is 1160. The molecular weight excluding hydrogens is 372 g/mol. The van der Waals surface area contributed by atoms with Crippen molar-refractivity contribution in [1.29, 1.82) is 0 Å². The Hall–Kier alpha value is -3.70. The molecule has 4 N–H and O–H groups in total. The molecule has 30 heavy (non-hydrogen) atoms. The second kappa shape index (κ2) is 9.20. The lowest BCUT2D eigenvalue weighted by Crippen LogP contribution is -2.15. The van der Waals surface area contributed by atoms with Crippen LogP contribution in [0.4, 0.5) is 5.69 Å². The highest BCUT2D eigenvalue weighted by atomic mass is 16.1. The maximum atomic E-state index is 11.4. The van der Waals surface area contributed by atoms with Gasteiger partial charge in [-0.2, -0.15) is 0 Å². The van der Waals surface area contributed by atoms with E-state index in [1.807, 2.05) is 18.2 Å². The van der Waals surface area contributed by atoms with Crippen LogP contribution in [0.3, 0.4) is 0 Å². The zero-order valence-electron chi connectivity index (χ0n) is 16.6. The van der Waals surface area contributed by atoms with Gasteiger partial charge in [0.1, 0.15) is 0 Å². The van der Waals surface area contributed by atoms with Crippen LogP contribution in [0.2, 0.25) is 0 Å². The quantitative estimate of drug-likeness (QED) is 0.416. The fourth-order valence-corrected chi connectivity index (χ4v) is 3.49. The van der Waals surface area contributed by atoms with Crippen LogP contribution in [0.1, 0.15) is 27.0 Å². The predicted octanol–water partition coefficient (Wildman–Crippen LogP) is 4.24. The van der Waals surface area contributed by atoms with Gasteiger partial charge in [-0.1, -0.05) is 54.6 Å². The summed E-state index contributed by atoms with van der Waals surface area (Å²) in [5, 5.41) is 8.00. The van der Waals surface area contributed by atoms with Crippen LogP contribution in [0.15, 0.2) is 85.1 Å². The average molecular weight is 396 g/mol. The molecule has 0 bridgehead atoms. The van der Waals surface area contributed by atoms with E-state index in [0.717, 1.165) is 29.7 Å². The number of pyridine rings is 1. The number of hydrogen-bond acceptors (Lipinski definition) is 4. The number of nitrogens with one attached hydrogen (secondary N) is 2. The first-order chi connectivity index (χ1) is 14.7. The lowest BCUT2D eigenvalue weighted by molar-refractivity contribution is 0.100. The fraction of sp³-hybridized carbons (Fsp3) is 0.120. The lowest BCUT2D eigenvalue weighted by atomic mass is 10.1. The van der Waals surface area contributed by atoms with Crippen LogP contribution in [0.5, 0.6) is 0 Å². The van der Waals surface area contributed by atoms with E-state index in [4.69, 9.17) is 5.73 Å². The predicted molar refractivity (Wildman–Crippen MR) is 121 cm³/mol. The van der Waals surface area contributed by atoms with Gasteiger partial charge in [-0.3, -0.25) is 9.78 Å². The average Bonchev–Trinajstić information content (AvgIpc) is 2.78. The molecule has 0 aliphatic rings. The molecule has 1 aromatic heterocycles. The third-order valence-electron chi connectivity index (χ3n) is 5.10. The molecule has 4 rings (SSSR count). The standard InChI is InChI=1S/C25H24N4O/c26-25(30)19-10-11-22-23(12-13-28-24(22)14-19)29-17-21-9-5-4-8-20(21)16-27-15-18-6-2-1-3-7-18/h1-14,27H,15-17H2,(H2,26,30)(H,28,29). The summed E-state index contributed by atoms with van der Waals surface area (Å²) in [5.41, 5.74) is 11.3. The van der Waals surface area contributed by atoms with Crippen molar-refractivity contribution < 1.29 is 4.79 Å². The molecule has 0 aliphatic heterocycles. The van der Waals surface area contributed by atoms with Gasteiger partial charge in [0.25, 0.3) is 0 Å². The molecule has 1 amide bonds. The molecule has 5 heteroatoms. The van der Waals surface area contributed by atoms with Gasteiger partial charge in [-0.05, 0) is 41.0 Å². The second-order valence-corrected chi connectivity index (χ2v) is 7.17. The molecule has 0 saturated heterocycles. The van der Waals surface area contributed by atoms with Crippen molar-refractivity contribution in [1.82, 2.24) is 10.3 Å². The Labute approximate surface area is 176 Å². The zero-order chi connectivity index (χ0) is 20.8. The second-order valence-electron chi connectivity index (χ2n) is 7.17. The number of amides is 1. The van der Waals surface area contributed by atoms with E-state index in [0.29, 0.717) is 12.1 Å². The van der Waals surface area contributed by atoms with E-state index in [1.54, 1.807) is 18.3 Å². The van der Waals surface area contributed by atoms with Crippen molar-refractivity contribution in [2.75, 3.05) is 5.32 Å². The minimum absolute atomic E-state index is 0.450. The largest absolute Gasteiger partial charge is 0.380 e. The van der Waals surface area contributed by atoms with Crippen LogP contribution in [0, 0.1) is 0 Å². The first-order valence-electron chi connectivity index (χ1n) is 9.94. The van der Waals surface area contributed by atoms with Crippen LogP contribution < -0.4 is 16.4 Å². The summed E-state index contributed by atoms with van der Waals surface area (Å²) in [6.07, 6.45) is 1.74. The van der Waals surface area contributed by atoms with Gasteiger partial charge in [0, 0.05) is 42.5 Å². The smallest absolute Gasteiger partial charge is 0.248 e. The molecular formula is C25H24N4O. The molecule has 5 nitrogen and oxygen atoms in total. The Morgan fingerprint density at radius 2 is 1.57 bits per heavy atom. The maximum absolute atomic E-state index is 11.4. The first-order valence-corrected chi connectivity index (χ1v) is 9.94. The van der Waals surface area contributed by atoms with Gasteiger partial charge >= 0.3 is 0 Å². The van der Waals surface area contributed by atoms with E-state index in [1.165, 1.54) is 16.7 Å². The van der Waals surface area contributed by atoms with E-state index in [9.17, 15) is 4.79 Å². The molecule has 3 aromatic carbocycles. The number of hydrogen-bond donors (Lipinski definition) is 3. The molecule has 0 fully saturated rings. The molecule has 0 aliphatic carbocycles. The van der Waals surface area contributed by atoms with E-state index in [2.05, 4.69) is 64.1 Å². The van der Waals surface area contributed by atoms with Gasteiger partial charge in [0.05, 0.1) is 5.52 Å². The molecule has 1 heterocycles. The number of carbonyl (C=O) groups excluding carboxylic acids is 1. The summed E-state index contributed by atoms with van der Waals surface area (Å²) < 4.78 is 0. The van der Waals surface area contributed by atoms with Crippen molar-refractivity contribution in [3.8, 4) is 0 Å². The van der Waals surface area contributed by atoms with E-state index in [-0.39, 0.29) is 0 Å². The summed E-state index contributed by atoms with van der Waals surface area (Å²) in [6.45, 7) is 2.32. The summed E-state index contributed by atoms with van der Waals surface area (Å²) in [6, 6.07) is 26.1. The Morgan fingerprint density at radius 3 is 2.33 bits per heavy atom. The number of rotatable bonds is 8. The molecule has 0 atom stereocenters. The summed E-state index contributed by atoms with van der Waals surface area (Å²) in [5.74, 6) is -0.450. The number of primary amides is 1. The van der Waals surface area contributed by atoms with Gasteiger partial charge in [-0.15, -0.1) is 0 Å². The lowest BCUT2D eigenvalue weighted by Gasteiger charge is -2.14. The van der Waals surface area contributed by atoms with Gasteiger partial charge in [-0.25, -0.2) is 0 Å². The van der Waals surface area contributed by atoms with Crippen molar-refractivity contribution >= 4 is 22.5 Å². The van der Waals surface area contributed by atoms with Crippen molar-refractivity contribution in [2.24, 2.45) is 5.73 Å². The number of fused-ring (bicyclic) bond motifs is 1. The molecule has 0 spiro atoms. The summed E-state index contributed by atoms with van der Waals surface area (Å²) in [4.78, 5) is 15.8. The van der Waals surface area contributed by atoms with Gasteiger partial charge in [0.15, 0.2) is 0 Å². The van der Waals surface area contributed by atoms with Crippen LogP contribution in [0.25, 0.3) is 10.9 Å². The molecule has 4 aromatic rings. The topological polar surface area (TPSA) is 80.0 Å². The number of nitrogens with zero attached hydrogens (tertiary/aromatic N) is 1.